The van der Waals surface area contributed by atoms with E-state index in [0.717, 1.165) is 0 Å². The summed E-state index contributed by atoms with van der Waals surface area (Å²) < 4.78 is 0. The molecule has 0 aliphatic carbocycles. The molecule has 19 heavy (non-hydrogen) atoms. The summed E-state index contributed by atoms with van der Waals surface area (Å²) in [6, 6.07) is 6.69. The number of nitrogens with one attached hydrogen (secondary N) is 2. The van der Waals surface area contributed by atoms with Gasteiger partial charge in [0.1, 0.15) is 0 Å². The molecule has 0 saturated carbocycles. The molecule has 0 aliphatic heterocycles. The fourth-order valence-electron chi connectivity index (χ4n) is 1.63. The summed E-state index contributed by atoms with van der Waals surface area (Å²) in [4.78, 5) is 12.0. The van der Waals surface area contributed by atoms with E-state index in [-0.39, 0.29) is 18.6 Å². The zero-order valence-corrected chi connectivity index (χ0v) is 10.5. The highest BCUT2D eigenvalue weighted by Gasteiger charge is 2.12. The number of hydrogen-bond acceptors (Lipinski definition) is 5. The molecule has 0 aliphatic rings. The van der Waals surface area contributed by atoms with Crippen LogP contribution in [0.5, 0.6) is 0 Å². The Morgan fingerprint density at radius 1 is 1.53 bits per heavy atom. The summed E-state index contributed by atoms with van der Waals surface area (Å²) in [7, 11) is 0. The van der Waals surface area contributed by atoms with Crippen molar-refractivity contribution in [2.24, 2.45) is 0 Å². The Morgan fingerprint density at radius 2 is 2.37 bits per heavy atom. The second-order valence-electron chi connectivity index (χ2n) is 4.08. The van der Waals surface area contributed by atoms with E-state index in [4.69, 9.17) is 5.11 Å². The van der Waals surface area contributed by atoms with Gasteiger partial charge < -0.3 is 10.4 Å². The third-order valence-electron chi connectivity index (χ3n) is 2.78. The molecule has 1 amide bonds. The van der Waals surface area contributed by atoms with Gasteiger partial charge in [-0.3, -0.25) is 4.79 Å². The van der Waals surface area contributed by atoms with Crippen LogP contribution in [0.2, 0.25) is 0 Å². The van der Waals surface area contributed by atoms with Crippen LogP contribution in [0.1, 0.15) is 23.7 Å². The van der Waals surface area contributed by atoms with E-state index in [1.807, 2.05) is 6.92 Å². The number of carbonyl (C=O) groups is 1. The smallest absolute Gasteiger partial charge is 0.251 e. The SMILES string of the molecule is CCC(CO)NC(=O)c1cccc(-c2nn[nH]n2)c1. The highest BCUT2D eigenvalue weighted by molar-refractivity contribution is 5.95. The van der Waals surface area contributed by atoms with E-state index < -0.39 is 0 Å². The molecule has 1 aromatic heterocycles. The van der Waals surface area contributed by atoms with E-state index in [1.165, 1.54) is 0 Å². The van der Waals surface area contributed by atoms with Gasteiger partial charge in [-0.1, -0.05) is 19.1 Å². The van der Waals surface area contributed by atoms with Gasteiger partial charge in [-0.05, 0) is 23.8 Å². The molecule has 100 valence electrons. The van der Waals surface area contributed by atoms with Gasteiger partial charge >= 0.3 is 0 Å². The lowest BCUT2D eigenvalue weighted by atomic mass is 10.1. The second kappa shape index (κ2) is 6.05. The molecule has 0 bridgehead atoms. The summed E-state index contributed by atoms with van der Waals surface area (Å²) in [5, 5.41) is 25.4. The summed E-state index contributed by atoms with van der Waals surface area (Å²) >= 11 is 0. The Morgan fingerprint density at radius 3 is 3.00 bits per heavy atom. The maximum Gasteiger partial charge on any atom is 0.251 e. The van der Waals surface area contributed by atoms with E-state index in [0.29, 0.717) is 23.4 Å². The minimum absolute atomic E-state index is 0.0766. The van der Waals surface area contributed by atoms with Crippen molar-refractivity contribution in [1.29, 1.82) is 0 Å². The van der Waals surface area contributed by atoms with Gasteiger partial charge in [0.2, 0.25) is 5.82 Å². The molecule has 2 aromatic rings. The predicted molar refractivity (Wildman–Crippen MR) is 68.2 cm³/mol. The number of benzene rings is 1. The van der Waals surface area contributed by atoms with Gasteiger partial charge in [-0.2, -0.15) is 5.21 Å². The van der Waals surface area contributed by atoms with Crippen molar-refractivity contribution in [2.75, 3.05) is 6.61 Å². The molecule has 3 N–H and O–H groups in total. The number of aromatic nitrogens is 4. The molecule has 0 fully saturated rings. The topological polar surface area (TPSA) is 104 Å². The van der Waals surface area contributed by atoms with Crippen molar-refractivity contribution >= 4 is 5.91 Å². The van der Waals surface area contributed by atoms with Gasteiger partial charge in [-0.15, -0.1) is 10.2 Å². The molecule has 7 nitrogen and oxygen atoms in total. The normalized spacial score (nSPS) is 12.1. The lowest BCUT2D eigenvalue weighted by Gasteiger charge is -2.14. The van der Waals surface area contributed by atoms with Crippen molar-refractivity contribution in [3.63, 3.8) is 0 Å². The quantitative estimate of drug-likeness (QED) is 0.721. The number of tetrazole rings is 1. The number of rotatable bonds is 5. The Bertz CT molecular complexity index is 537. The van der Waals surface area contributed by atoms with Gasteiger partial charge in [0, 0.05) is 11.1 Å². The molecular weight excluding hydrogens is 246 g/mol. The van der Waals surface area contributed by atoms with Crippen molar-refractivity contribution in [3.8, 4) is 11.4 Å². The summed E-state index contributed by atoms with van der Waals surface area (Å²) in [6.07, 6.45) is 0.673. The van der Waals surface area contributed by atoms with Crippen molar-refractivity contribution < 1.29 is 9.90 Å². The molecule has 1 unspecified atom stereocenters. The molecule has 0 spiro atoms. The Hall–Kier alpha value is -2.28. The molecule has 0 saturated heterocycles. The van der Waals surface area contributed by atoms with Crippen LogP contribution < -0.4 is 5.32 Å². The minimum Gasteiger partial charge on any atom is -0.394 e. The maximum atomic E-state index is 12.0. The van der Waals surface area contributed by atoms with Crippen LogP contribution in [0, 0.1) is 0 Å². The van der Waals surface area contributed by atoms with Crippen LogP contribution in [0.4, 0.5) is 0 Å². The highest BCUT2D eigenvalue weighted by Crippen LogP contribution is 2.15. The maximum absolute atomic E-state index is 12.0. The van der Waals surface area contributed by atoms with Crippen LogP contribution in [0.15, 0.2) is 24.3 Å². The summed E-state index contributed by atoms with van der Waals surface area (Å²) in [5.74, 6) is 0.204. The van der Waals surface area contributed by atoms with Crippen molar-refractivity contribution in [2.45, 2.75) is 19.4 Å². The predicted octanol–water partition coefficient (Wildman–Crippen LogP) is 0.367. The minimum atomic E-state index is -0.235. The fourth-order valence-corrected chi connectivity index (χ4v) is 1.63. The number of aliphatic hydroxyl groups is 1. The largest absolute Gasteiger partial charge is 0.394 e. The van der Waals surface area contributed by atoms with Crippen molar-refractivity contribution in [3.05, 3.63) is 29.8 Å². The molecule has 1 atom stereocenters. The number of nitrogens with zero attached hydrogens (tertiary/aromatic N) is 3. The second-order valence-corrected chi connectivity index (χ2v) is 4.08. The van der Waals surface area contributed by atoms with Crippen LogP contribution in [0.25, 0.3) is 11.4 Å². The average Bonchev–Trinajstić information content (AvgIpc) is 2.99. The van der Waals surface area contributed by atoms with Gasteiger partial charge in [0.05, 0.1) is 12.6 Å². The highest BCUT2D eigenvalue weighted by atomic mass is 16.3. The van der Waals surface area contributed by atoms with Gasteiger partial charge in [-0.25, -0.2) is 0 Å². The Balaban J connectivity index is 2.17. The number of hydrogen-bond donors (Lipinski definition) is 3. The standard InChI is InChI=1S/C12H15N5O2/c1-2-10(7-18)13-12(19)9-5-3-4-8(6-9)11-14-16-17-15-11/h3-6,10,18H,2,7H2,1H3,(H,13,19)(H,14,15,16,17). The molecule has 2 rings (SSSR count). The lowest BCUT2D eigenvalue weighted by Crippen LogP contribution is -2.36. The summed E-state index contributed by atoms with van der Waals surface area (Å²) in [6.45, 7) is 1.82. The molecular formula is C12H15N5O2. The van der Waals surface area contributed by atoms with Crippen LogP contribution in [0.3, 0.4) is 0 Å². The average molecular weight is 261 g/mol. The Kier molecular flexibility index (Phi) is 4.19. The van der Waals surface area contributed by atoms with E-state index >= 15 is 0 Å². The van der Waals surface area contributed by atoms with E-state index in [1.54, 1.807) is 24.3 Å². The van der Waals surface area contributed by atoms with Crippen LogP contribution in [-0.4, -0.2) is 44.3 Å². The zero-order chi connectivity index (χ0) is 13.7. The molecule has 1 aromatic carbocycles. The van der Waals surface area contributed by atoms with E-state index in [2.05, 4.69) is 25.9 Å². The van der Waals surface area contributed by atoms with Crippen molar-refractivity contribution in [1.82, 2.24) is 25.9 Å². The first-order chi connectivity index (χ1) is 9.24. The lowest BCUT2D eigenvalue weighted by molar-refractivity contribution is 0.0915. The van der Waals surface area contributed by atoms with E-state index in [9.17, 15) is 4.79 Å². The molecule has 1 heterocycles. The number of carbonyl (C=O) groups excluding carboxylic acids is 1. The number of aliphatic hydroxyl groups excluding tert-OH is 1. The fraction of sp³-hybridized carbons (Fsp3) is 0.333. The first-order valence-corrected chi connectivity index (χ1v) is 6.00. The zero-order valence-electron chi connectivity index (χ0n) is 10.5. The van der Waals surface area contributed by atoms with Crippen LogP contribution >= 0.6 is 0 Å². The van der Waals surface area contributed by atoms with Gasteiger partial charge in [0.25, 0.3) is 5.91 Å². The van der Waals surface area contributed by atoms with Crippen LogP contribution in [-0.2, 0) is 0 Å². The van der Waals surface area contributed by atoms with Gasteiger partial charge in [0.15, 0.2) is 0 Å². The summed E-state index contributed by atoms with van der Waals surface area (Å²) in [5.41, 5.74) is 1.20. The first kappa shape index (κ1) is 13.2. The number of aromatic amines is 1. The molecule has 7 heteroatoms. The first-order valence-electron chi connectivity index (χ1n) is 6.00. The third-order valence-corrected chi connectivity index (χ3v) is 2.78. The Labute approximate surface area is 110 Å². The number of amides is 1. The molecule has 0 radical (unpaired) electrons. The monoisotopic (exact) mass is 261 g/mol. The third kappa shape index (κ3) is 3.14. The number of H-pyrrole nitrogens is 1.